The Balaban J connectivity index is 2.11. The summed E-state index contributed by atoms with van der Waals surface area (Å²) in [6.45, 7) is 0.123. The summed E-state index contributed by atoms with van der Waals surface area (Å²) in [6.07, 6.45) is 0. The highest BCUT2D eigenvalue weighted by Gasteiger charge is 2.05. The fourth-order valence-electron chi connectivity index (χ4n) is 1.42. The zero-order valence-corrected chi connectivity index (χ0v) is 10.9. The van der Waals surface area contributed by atoms with Crippen LogP contribution in [0.15, 0.2) is 40.9 Å². The third kappa shape index (κ3) is 2.98. The van der Waals surface area contributed by atoms with Crippen molar-refractivity contribution < 1.29 is 13.5 Å². The second-order valence-corrected chi connectivity index (χ2v) is 4.63. The number of anilines is 1. The van der Waals surface area contributed by atoms with Crippen LogP contribution >= 0.6 is 15.9 Å². The van der Waals surface area contributed by atoms with Crippen molar-refractivity contribution in [3.63, 3.8) is 0 Å². The molecule has 0 radical (unpaired) electrons. The Morgan fingerprint density at radius 2 is 1.83 bits per heavy atom. The quantitative estimate of drug-likeness (QED) is 0.873. The predicted octanol–water partition coefficient (Wildman–Crippen LogP) is 3.89. The summed E-state index contributed by atoms with van der Waals surface area (Å²) in [5.41, 5.74) is 6.75. The monoisotopic (exact) mass is 313 g/mol. The van der Waals surface area contributed by atoms with Crippen molar-refractivity contribution in [1.29, 1.82) is 0 Å². The predicted molar refractivity (Wildman–Crippen MR) is 69.2 cm³/mol. The van der Waals surface area contributed by atoms with Gasteiger partial charge in [-0.15, -0.1) is 0 Å². The molecular weight excluding hydrogens is 304 g/mol. The first kappa shape index (κ1) is 12.8. The molecule has 94 valence electrons. The summed E-state index contributed by atoms with van der Waals surface area (Å²) in [7, 11) is 0. The topological polar surface area (TPSA) is 35.2 Å². The number of hydrogen-bond acceptors (Lipinski definition) is 2. The van der Waals surface area contributed by atoms with Gasteiger partial charge in [0.05, 0.1) is 5.69 Å². The molecule has 0 bridgehead atoms. The number of nitrogens with two attached hydrogens (primary N) is 1. The summed E-state index contributed by atoms with van der Waals surface area (Å²) in [5, 5.41) is 0. The molecule has 0 heterocycles. The molecule has 2 N–H and O–H groups in total. The van der Waals surface area contributed by atoms with Crippen molar-refractivity contribution in [3.8, 4) is 5.75 Å². The Hall–Kier alpha value is -1.62. The Morgan fingerprint density at radius 3 is 2.56 bits per heavy atom. The molecule has 5 heteroatoms. The van der Waals surface area contributed by atoms with Crippen LogP contribution in [0.3, 0.4) is 0 Å². The van der Waals surface area contributed by atoms with E-state index >= 15 is 0 Å². The average Bonchev–Trinajstić information content (AvgIpc) is 2.34. The molecule has 0 amide bonds. The molecule has 2 nitrogen and oxygen atoms in total. The Bertz CT molecular complexity index is 575. The number of hydrogen-bond donors (Lipinski definition) is 1. The van der Waals surface area contributed by atoms with Crippen LogP contribution < -0.4 is 10.5 Å². The zero-order valence-electron chi connectivity index (χ0n) is 9.29. The molecule has 2 rings (SSSR count). The second kappa shape index (κ2) is 5.35. The van der Waals surface area contributed by atoms with Gasteiger partial charge in [0.25, 0.3) is 0 Å². The maximum Gasteiger partial charge on any atom is 0.159 e. The van der Waals surface area contributed by atoms with Gasteiger partial charge in [-0.2, -0.15) is 0 Å². The molecule has 0 saturated carbocycles. The van der Waals surface area contributed by atoms with Gasteiger partial charge in [-0.25, -0.2) is 8.78 Å². The first-order chi connectivity index (χ1) is 8.56. The lowest BCUT2D eigenvalue weighted by Crippen LogP contribution is -1.99. The molecule has 0 aromatic heterocycles. The van der Waals surface area contributed by atoms with Crippen LogP contribution in [0.2, 0.25) is 0 Å². The average molecular weight is 314 g/mol. The minimum absolute atomic E-state index is 0.123. The normalized spacial score (nSPS) is 10.4. The van der Waals surface area contributed by atoms with Gasteiger partial charge in [-0.05, 0) is 35.9 Å². The van der Waals surface area contributed by atoms with E-state index in [1.165, 1.54) is 6.07 Å². The maximum absolute atomic E-state index is 13.0. The van der Waals surface area contributed by atoms with E-state index in [4.69, 9.17) is 10.5 Å². The van der Waals surface area contributed by atoms with Gasteiger partial charge in [0.1, 0.15) is 12.4 Å². The highest BCUT2D eigenvalue weighted by atomic mass is 79.9. The van der Waals surface area contributed by atoms with Crippen LogP contribution in [0.5, 0.6) is 5.75 Å². The van der Waals surface area contributed by atoms with Crippen LogP contribution in [0.25, 0.3) is 0 Å². The number of ether oxygens (including phenoxy) is 1. The van der Waals surface area contributed by atoms with Gasteiger partial charge >= 0.3 is 0 Å². The van der Waals surface area contributed by atoms with Crippen LogP contribution in [0.4, 0.5) is 14.5 Å². The Morgan fingerprint density at radius 1 is 1.06 bits per heavy atom. The SMILES string of the molecule is Nc1ccc(Br)cc1OCc1ccc(F)c(F)c1. The summed E-state index contributed by atoms with van der Waals surface area (Å²) < 4.78 is 32.0. The fraction of sp³-hybridized carbons (Fsp3) is 0.0769. The van der Waals surface area contributed by atoms with E-state index in [9.17, 15) is 8.78 Å². The molecule has 0 aliphatic rings. The fourth-order valence-corrected chi connectivity index (χ4v) is 1.76. The van der Waals surface area contributed by atoms with E-state index < -0.39 is 11.6 Å². The van der Waals surface area contributed by atoms with Crippen molar-refractivity contribution in [3.05, 3.63) is 58.1 Å². The second-order valence-electron chi connectivity index (χ2n) is 3.72. The molecule has 0 aliphatic carbocycles. The van der Waals surface area contributed by atoms with Gasteiger partial charge in [-0.3, -0.25) is 0 Å². The van der Waals surface area contributed by atoms with E-state index in [0.29, 0.717) is 17.0 Å². The molecule has 0 saturated heterocycles. The first-order valence-electron chi connectivity index (χ1n) is 5.18. The van der Waals surface area contributed by atoms with E-state index in [2.05, 4.69) is 15.9 Å². The van der Waals surface area contributed by atoms with E-state index in [1.54, 1.807) is 18.2 Å². The van der Waals surface area contributed by atoms with E-state index in [0.717, 1.165) is 16.6 Å². The molecule has 0 atom stereocenters. The summed E-state index contributed by atoms with van der Waals surface area (Å²) in [5.74, 6) is -1.27. The molecule has 2 aromatic carbocycles. The van der Waals surface area contributed by atoms with Gasteiger partial charge < -0.3 is 10.5 Å². The lowest BCUT2D eigenvalue weighted by Gasteiger charge is -2.09. The van der Waals surface area contributed by atoms with Crippen molar-refractivity contribution in [2.45, 2.75) is 6.61 Å². The van der Waals surface area contributed by atoms with Crippen molar-refractivity contribution in [1.82, 2.24) is 0 Å². The third-order valence-corrected chi connectivity index (χ3v) is 2.85. The van der Waals surface area contributed by atoms with E-state index in [-0.39, 0.29) is 6.61 Å². The number of rotatable bonds is 3. The summed E-state index contributed by atoms with van der Waals surface area (Å²) in [6, 6.07) is 8.84. The van der Waals surface area contributed by atoms with E-state index in [1.807, 2.05) is 0 Å². The van der Waals surface area contributed by atoms with Gasteiger partial charge in [0.15, 0.2) is 11.6 Å². The first-order valence-corrected chi connectivity index (χ1v) is 5.97. The molecule has 0 unspecified atom stereocenters. The summed E-state index contributed by atoms with van der Waals surface area (Å²) >= 11 is 3.30. The minimum atomic E-state index is -0.890. The molecule has 0 fully saturated rings. The van der Waals surface area contributed by atoms with Crippen LogP contribution in [-0.4, -0.2) is 0 Å². The number of nitrogen functional groups attached to an aromatic ring is 1. The lowest BCUT2D eigenvalue weighted by molar-refractivity contribution is 0.306. The van der Waals surface area contributed by atoms with Crippen LogP contribution in [-0.2, 0) is 6.61 Å². The van der Waals surface area contributed by atoms with Gasteiger partial charge in [0, 0.05) is 4.47 Å². The van der Waals surface area contributed by atoms with Gasteiger partial charge in [0.2, 0.25) is 0 Å². The highest BCUT2D eigenvalue weighted by Crippen LogP contribution is 2.26. The standard InChI is InChI=1S/C13H10BrF2NO/c14-9-2-4-12(17)13(6-9)18-7-8-1-3-10(15)11(16)5-8/h1-6H,7,17H2. The molecule has 18 heavy (non-hydrogen) atoms. The Labute approximate surface area is 112 Å². The lowest BCUT2D eigenvalue weighted by atomic mass is 10.2. The van der Waals surface area contributed by atoms with Gasteiger partial charge in [-0.1, -0.05) is 22.0 Å². The molecule has 0 aliphatic heterocycles. The largest absolute Gasteiger partial charge is 0.487 e. The van der Waals surface area contributed by atoms with Crippen LogP contribution in [0, 0.1) is 11.6 Å². The number of halogens is 3. The van der Waals surface area contributed by atoms with Crippen LogP contribution in [0.1, 0.15) is 5.56 Å². The number of benzene rings is 2. The Kier molecular flexibility index (Phi) is 3.81. The van der Waals surface area contributed by atoms with Crippen molar-refractivity contribution in [2.75, 3.05) is 5.73 Å². The molecule has 2 aromatic rings. The minimum Gasteiger partial charge on any atom is -0.487 e. The maximum atomic E-state index is 13.0. The molecule has 0 spiro atoms. The van der Waals surface area contributed by atoms with Crippen molar-refractivity contribution >= 4 is 21.6 Å². The third-order valence-electron chi connectivity index (χ3n) is 2.35. The zero-order chi connectivity index (χ0) is 13.1. The summed E-state index contributed by atoms with van der Waals surface area (Å²) in [4.78, 5) is 0. The smallest absolute Gasteiger partial charge is 0.159 e. The molecular formula is C13H10BrF2NO. The highest BCUT2D eigenvalue weighted by molar-refractivity contribution is 9.10. The van der Waals surface area contributed by atoms with Crippen molar-refractivity contribution in [2.24, 2.45) is 0 Å².